The summed E-state index contributed by atoms with van der Waals surface area (Å²) in [5, 5.41) is 0. The number of ketones is 1. The van der Waals surface area contributed by atoms with Crippen molar-refractivity contribution in [2.24, 2.45) is 17.3 Å². The Balaban J connectivity index is 1.42. The zero-order valence-electron chi connectivity index (χ0n) is 17.4. The number of hydrogen-bond acceptors (Lipinski definition) is 3. The Morgan fingerprint density at radius 2 is 1.86 bits per heavy atom. The van der Waals surface area contributed by atoms with Crippen molar-refractivity contribution < 1.29 is 14.3 Å². The maximum absolute atomic E-state index is 12.5. The smallest absolute Gasteiger partial charge is 0.161 e. The molecule has 3 nitrogen and oxygen atoms in total. The lowest BCUT2D eigenvalue weighted by Crippen LogP contribution is -2.42. The quantitative estimate of drug-likeness (QED) is 0.672. The molecule has 2 fully saturated rings. The van der Waals surface area contributed by atoms with Crippen LogP contribution in [0, 0.1) is 17.3 Å². The third-order valence-electron chi connectivity index (χ3n) is 7.96. The highest BCUT2D eigenvalue weighted by Crippen LogP contribution is 2.60. The van der Waals surface area contributed by atoms with Gasteiger partial charge in [-0.1, -0.05) is 37.3 Å². The Kier molecular flexibility index (Phi) is 4.64. The van der Waals surface area contributed by atoms with E-state index in [-0.39, 0.29) is 5.41 Å². The van der Waals surface area contributed by atoms with E-state index in [1.165, 1.54) is 17.5 Å². The van der Waals surface area contributed by atoms with Gasteiger partial charge >= 0.3 is 0 Å². The minimum Gasteiger partial charge on any atom is -0.493 e. The van der Waals surface area contributed by atoms with Crippen molar-refractivity contribution in [1.82, 2.24) is 0 Å². The molecule has 3 heteroatoms. The first-order valence-electron chi connectivity index (χ1n) is 11.0. The predicted octanol–water partition coefficient (Wildman–Crippen LogP) is 5.70. The van der Waals surface area contributed by atoms with E-state index in [0.29, 0.717) is 30.1 Å². The van der Waals surface area contributed by atoms with Crippen LogP contribution in [0.2, 0.25) is 0 Å². The van der Waals surface area contributed by atoms with Crippen molar-refractivity contribution in [2.45, 2.75) is 58.0 Å². The lowest BCUT2D eigenvalue weighted by molar-refractivity contribution is -0.129. The monoisotopic (exact) mass is 390 g/mol. The van der Waals surface area contributed by atoms with Crippen molar-refractivity contribution >= 4 is 5.78 Å². The van der Waals surface area contributed by atoms with E-state index in [2.05, 4.69) is 31.2 Å². The number of carbonyl (C=O) groups excluding carboxylic acids is 1. The summed E-state index contributed by atoms with van der Waals surface area (Å²) in [4.78, 5) is 12.5. The molecular weight excluding hydrogens is 360 g/mol. The summed E-state index contributed by atoms with van der Waals surface area (Å²) in [6.07, 6.45) is 6.28. The fourth-order valence-corrected chi connectivity index (χ4v) is 6.36. The van der Waals surface area contributed by atoms with Crippen LogP contribution < -0.4 is 9.47 Å². The summed E-state index contributed by atoms with van der Waals surface area (Å²) in [6.45, 7) is 2.78. The van der Waals surface area contributed by atoms with Gasteiger partial charge in [-0.3, -0.25) is 4.79 Å². The van der Waals surface area contributed by atoms with E-state index in [0.717, 1.165) is 49.2 Å². The Bertz CT molecular complexity index is 919. The van der Waals surface area contributed by atoms with E-state index in [9.17, 15) is 4.79 Å². The minimum absolute atomic E-state index is 0.0680. The maximum Gasteiger partial charge on any atom is 0.161 e. The first-order chi connectivity index (χ1) is 14.1. The second-order valence-electron chi connectivity index (χ2n) is 9.31. The summed E-state index contributed by atoms with van der Waals surface area (Å²) in [5.41, 5.74) is 3.93. The van der Waals surface area contributed by atoms with Gasteiger partial charge in [0, 0.05) is 11.8 Å². The summed E-state index contributed by atoms with van der Waals surface area (Å²) in [7, 11) is 1.73. The number of rotatable bonds is 4. The lowest BCUT2D eigenvalue weighted by atomic mass is 9.55. The van der Waals surface area contributed by atoms with Gasteiger partial charge in [0.2, 0.25) is 0 Å². The summed E-state index contributed by atoms with van der Waals surface area (Å²) in [6, 6.07) is 14.7. The topological polar surface area (TPSA) is 35.5 Å². The van der Waals surface area contributed by atoms with Gasteiger partial charge in [0.1, 0.15) is 12.4 Å². The highest BCUT2D eigenvalue weighted by molar-refractivity contribution is 5.87. The van der Waals surface area contributed by atoms with E-state index >= 15 is 0 Å². The van der Waals surface area contributed by atoms with E-state index in [4.69, 9.17) is 9.47 Å². The number of fused-ring (bicyclic) bond motifs is 5. The van der Waals surface area contributed by atoms with Gasteiger partial charge in [0.05, 0.1) is 7.11 Å². The number of ether oxygens (including phenoxy) is 2. The molecular formula is C26H30O3. The average molecular weight is 391 g/mol. The molecule has 0 saturated heterocycles. The molecule has 2 aromatic carbocycles. The Labute approximate surface area is 173 Å². The normalized spacial score (nSPS) is 30.3. The molecule has 4 atom stereocenters. The minimum atomic E-state index is -0.0680. The highest BCUT2D eigenvalue weighted by Gasteiger charge is 2.54. The first kappa shape index (κ1) is 18.7. The van der Waals surface area contributed by atoms with Crippen LogP contribution in [0.5, 0.6) is 11.5 Å². The Morgan fingerprint density at radius 1 is 1.03 bits per heavy atom. The Hall–Kier alpha value is -2.29. The van der Waals surface area contributed by atoms with Gasteiger partial charge in [-0.2, -0.15) is 0 Å². The summed E-state index contributed by atoms with van der Waals surface area (Å²) < 4.78 is 11.9. The molecule has 0 aromatic heterocycles. The fourth-order valence-electron chi connectivity index (χ4n) is 6.36. The zero-order valence-corrected chi connectivity index (χ0v) is 17.4. The number of aryl methyl sites for hydroxylation is 1. The molecule has 0 N–H and O–H groups in total. The molecule has 0 radical (unpaired) electrons. The molecule has 5 rings (SSSR count). The van der Waals surface area contributed by atoms with Crippen LogP contribution in [0.4, 0.5) is 0 Å². The SMILES string of the molecule is COc1cc2c(cc1OCc1ccccc1)CCC1C2CC[C@]2(C)C(=O)CCC12. The standard InChI is InChI=1S/C26H30O3/c1-26-13-12-19-20(22(26)10-11-25(26)27)9-8-18-14-24(23(28-2)15-21(18)19)29-16-17-6-4-3-5-7-17/h3-7,14-15,19-20,22H,8-13,16H2,1-2H3/t19?,20?,22?,26-/m0/s1. The van der Waals surface area contributed by atoms with Gasteiger partial charge < -0.3 is 9.47 Å². The number of Topliss-reactive ketones (excluding diaryl/α,β-unsaturated/α-hetero) is 1. The van der Waals surface area contributed by atoms with Crippen LogP contribution >= 0.6 is 0 Å². The molecule has 29 heavy (non-hydrogen) atoms. The molecule has 0 aliphatic heterocycles. The third kappa shape index (κ3) is 3.06. The zero-order chi connectivity index (χ0) is 20.0. The third-order valence-corrected chi connectivity index (χ3v) is 7.96. The van der Waals surface area contributed by atoms with Gasteiger partial charge in [0.15, 0.2) is 11.5 Å². The summed E-state index contributed by atoms with van der Waals surface area (Å²) in [5.74, 6) is 3.92. The van der Waals surface area contributed by atoms with Crippen molar-refractivity contribution in [3.63, 3.8) is 0 Å². The number of hydrogen-bond donors (Lipinski definition) is 0. The lowest BCUT2D eigenvalue weighted by Gasteiger charge is -2.48. The number of methoxy groups -OCH3 is 1. The van der Waals surface area contributed by atoms with Crippen LogP contribution in [0.1, 0.15) is 61.6 Å². The van der Waals surface area contributed by atoms with E-state index < -0.39 is 0 Å². The molecule has 3 aliphatic carbocycles. The van der Waals surface area contributed by atoms with Crippen molar-refractivity contribution in [2.75, 3.05) is 7.11 Å². The maximum atomic E-state index is 12.5. The average Bonchev–Trinajstić information content (AvgIpc) is 3.06. The van der Waals surface area contributed by atoms with Crippen LogP contribution in [-0.2, 0) is 17.8 Å². The molecule has 3 aliphatic rings. The Morgan fingerprint density at radius 3 is 2.66 bits per heavy atom. The molecule has 2 aromatic rings. The van der Waals surface area contributed by atoms with Gasteiger partial charge in [-0.15, -0.1) is 0 Å². The van der Waals surface area contributed by atoms with Crippen molar-refractivity contribution in [1.29, 1.82) is 0 Å². The second kappa shape index (κ2) is 7.19. The van der Waals surface area contributed by atoms with E-state index in [1.54, 1.807) is 7.11 Å². The van der Waals surface area contributed by atoms with Crippen LogP contribution in [-0.4, -0.2) is 12.9 Å². The van der Waals surface area contributed by atoms with Gasteiger partial charge in [-0.05, 0) is 78.7 Å². The largest absolute Gasteiger partial charge is 0.493 e. The predicted molar refractivity (Wildman–Crippen MR) is 113 cm³/mol. The van der Waals surface area contributed by atoms with Crippen LogP contribution in [0.25, 0.3) is 0 Å². The molecule has 152 valence electrons. The molecule has 0 bridgehead atoms. The highest BCUT2D eigenvalue weighted by atomic mass is 16.5. The van der Waals surface area contributed by atoms with E-state index in [1.807, 2.05) is 18.2 Å². The number of carbonyl (C=O) groups is 1. The molecule has 2 saturated carbocycles. The van der Waals surface area contributed by atoms with Crippen LogP contribution in [0.15, 0.2) is 42.5 Å². The number of benzene rings is 2. The molecule has 3 unspecified atom stereocenters. The van der Waals surface area contributed by atoms with Crippen molar-refractivity contribution in [3.8, 4) is 11.5 Å². The van der Waals surface area contributed by atoms with Crippen molar-refractivity contribution in [3.05, 3.63) is 59.2 Å². The molecule has 0 spiro atoms. The van der Waals surface area contributed by atoms with Gasteiger partial charge in [-0.25, -0.2) is 0 Å². The fraction of sp³-hybridized carbons (Fsp3) is 0.500. The second-order valence-corrected chi connectivity index (χ2v) is 9.31. The van der Waals surface area contributed by atoms with Crippen LogP contribution in [0.3, 0.4) is 0 Å². The summed E-state index contributed by atoms with van der Waals surface area (Å²) >= 11 is 0. The molecule has 0 amide bonds. The molecule has 0 heterocycles. The first-order valence-corrected chi connectivity index (χ1v) is 11.0. The van der Waals surface area contributed by atoms with Gasteiger partial charge in [0.25, 0.3) is 0 Å².